The highest BCUT2D eigenvalue weighted by Crippen LogP contribution is 2.07. The molecule has 0 aliphatic carbocycles. The van der Waals surface area contributed by atoms with Gasteiger partial charge in [-0.1, -0.05) is 19.9 Å². The summed E-state index contributed by atoms with van der Waals surface area (Å²) in [7, 11) is 0. The van der Waals surface area contributed by atoms with Crippen LogP contribution < -0.4 is 5.32 Å². The van der Waals surface area contributed by atoms with E-state index < -0.39 is 0 Å². The van der Waals surface area contributed by atoms with Crippen LogP contribution in [0.3, 0.4) is 0 Å². The summed E-state index contributed by atoms with van der Waals surface area (Å²) in [6.07, 6.45) is 3.00. The van der Waals surface area contributed by atoms with Gasteiger partial charge in [0, 0.05) is 25.8 Å². The van der Waals surface area contributed by atoms with Crippen molar-refractivity contribution in [1.29, 1.82) is 0 Å². The molecule has 96 valence electrons. The number of pyridine rings is 1. The van der Waals surface area contributed by atoms with Crippen LogP contribution in [0.4, 0.5) is 5.82 Å². The molecule has 0 aliphatic rings. The predicted octanol–water partition coefficient (Wildman–Crippen LogP) is 1.72. The van der Waals surface area contributed by atoms with Gasteiger partial charge in [-0.15, -0.1) is 0 Å². The number of nitrogens with one attached hydrogen (secondary N) is 1. The quantitative estimate of drug-likeness (QED) is 0.723. The van der Waals surface area contributed by atoms with Gasteiger partial charge in [-0.25, -0.2) is 4.98 Å². The molecule has 0 saturated heterocycles. The Balaban J connectivity index is 2.49. The number of aliphatic hydroxyl groups excluding tert-OH is 1. The van der Waals surface area contributed by atoms with Crippen LogP contribution in [0.25, 0.3) is 0 Å². The molecule has 0 amide bonds. The second-order valence-corrected chi connectivity index (χ2v) is 4.07. The lowest BCUT2D eigenvalue weighted by Crippen LogP contribution is -2.26. The van der Waals surface area contributed by atoms with Crippen molar-refractivity contribution in [1.82, 2.24) is 9.88 Å². The van der Waals surface area contributed by atoms with Gasteiger partial charge >= 0.3 is 0 Å². The summed E-state index contributed by atoms with van der Waals surface area (Å²) in [6, 6.07) is 4.10. The molecule has 1 aromatic heterocycles. The van der Waals surface area contributed by atoms with Crippen LogP contribution in [0, 0.1) is 0 Å². The molecule has 4 heteroatoms. The van der Waals surface area contributed by atoms with Crippen molar-refractivity contribution >= 4 is 5.82 Å². The van der Waals surface area contributed by atoms with E-state index >= 15 is 0 Å². The fourth-order valence-electron chi connectivity index (χ4n) is 1.62. The van der Waals surface area contributed by atoms with Gasteiger partial charge in [-0.3, -0.25) is 4.90 Å². The van der Waals surface area contributed by atoms with Crippen molar-refractivity contribution < 1.29 is 5.11 Å². The summed E-state index contributed by atoms with van der Waals surface area (Å²) in [5, 5.41) is 12.2. The number of aliphatic hydroxyl groups is 1. The third-order valence-corrected chi connectivity index (χ3v) is 2.65. The maximum absolute atomic E-state index is 8.92. The van der Waals surface area contributed by atoms with Gasteiger partial charge in [-0.05, 0) is 24.6 Å². The van der Waals surface area contributed by atoms with Crippen LogP contribution >= 0.6 is 0 Å². The third-order valence-electron chi connectivity index (χ3n) is 2.65. The van der Waals surface area contributed by atoms with Crippen molar-refractivity contribution in [3.8, 4) is 0 Å². The molecule has 0 spiro atoms. The zero-order valence-corrected chi connectivity index (χ0v) is 10.8. The normalized spacial score (nSPS) is 10.8. The molecule has 0 aliphatic heterocycles. The van der Waals surface area contributed by atoms with Gasteiger partial charge in [0.2, 0.25) is 0 Å². The highest BCUT2D eigenvalue weighted by molar-refractivity contribution is 5.35. The highest BCUT2D eigenvalue weighted by Gasteiger charge is 2.03. The van der Waals surface area contributed by atoms with Gasteiger partial charge in [0.15, 0.2) is 0 Å². The Morgan fingerprint density at radius 1 is 1.35 bits per heavy atom. The molecule has 2 N–H and O–H groups in total. The summed E-state index contributed by atoms with van der Waals surface area (Å²) in [5.74, 6) is 0.931. The topological polar surface area (TPSA) is 48.4 Å². The Bertz CT molecular complexity index is 300. The zero-order valence-electron chi connectivity index (χ0n) is 10.8. The van der Waals surface area contributed by atoms with Crippen LogP contribution in [0.5, 0.6) is 0 Å². The highest BCUT2D eigenvalue weighted by atomic mass is 16.3. The molecule has 0 unspecified atom stereocenters. The van der Waals surface area contributed by atoms with Crippen LogP contribution in [-0.4, -0.2) is 41.2 Å². The molecule has 0 fully saturated rings. The SMILES string of the molecule is CCCNc1ccc(CN(CC)CCO)cn1. The lowest BCUT2D eigenvalue weighted by Gasteiger charge is -2.18. The molecular weight excluding hydrogens is 214 g/mol. The average molecular weight is 237 g/mol. The zero-order chi connectivity index (χ0) is 12.5. The number of hydrogen-bond donors (Lipinski definition) is 2. The number of nitrogens with zero attached hydrogens (tertiary/aromatic N) is 2. The monoisotopic (exact) mass is 237 g/mol. The summed E-state index contributed by atoms with van der Waals surface area (Å²) in [5.41, 5.74) is 1.18. The minimum absolute atomic E-state index is 0.206. The first-order chi connectivity index (χ1) is 8.30. The summed E-state index contributed by atoms with van der Waals surface area (Å²) < 4.78 is 0. The van der Waals surface area contributed by atoms with Gasteiger partial charge in [0.05, 0.1) is 6.61 Å². The van der Waals surface area contributed by atoms with Crippen LogP contribution in [-0.2, 0) is 6.54 Å². The van der Waals surface area contributed by atoms with Crippen molar-refractivity contribution in [3.63, 3.8) is 0 Å². The van der Waals surface area contributed by atoms with E-state index in [-0.39, 0.29) is 6.61 Å². The molecule has 17 heavy (non-hydrogen) atoms. The molecule has 0 atom stereocenters. The molecule has 1 rings (SSSR count). The van der Waals surface area contributed by atoms with E-state index in [9.17, 15) is 0 Å². The van der Waals surface area contributed by atoms with Crippen molar-refractivity contribution in [3.05, 3.63) is 23.9 Å². The lowest BCUT2D eigenvalue weighted by molar-refractivity contribution is 0.196. The fraction of sp³-hybridized carbons (Fsp3) is 0.615. The molecule has 4 nitrogen and oxygen atoms in total. The Hall–Kier alpha value is -1.13. The van der Waals surface area contributed by atoms with Gasteiger partial charge in [0.1, 0.15) is 5.82 Å². The number of likely N-dealkylation sites (N-methyl/N-ethyl adjacent to an activating group) is 1. The Morgan fingerprint density at radius 2 is 2.18 bits per heavy atom. The number of rotatable bonds is 8. The predicted molar refractivity (Wildman–Crippen MR) is 71.1 cm³/mol. The summed E-state index contributed by atoms with van der Waals surface area (Å²) in [6.45, 7) is 7.89. The van der Waals surface area contributed by atoms with Crippen LogP contribution in [0.15, 0.2) is 18.3 Å². The molecule has 0 radical (unpaired) electrons. The second kappa shape index (κ2) is 8.03. The largest absolute Gasteiger partial charge is 0.395 e. The minimum atomic E-state index is 0.206. The molecule has 0 saturated carbocycles. The van der Waals surface area contributed by atoms with Crippen LogP contribution in [0.2, 0.25) is 0 Å². The summed E-state index contributed by atoms with van der Waals surface area (Å²) in [4.78, 5) is 6.55. The van der Waals surface area contributed by atoms with Crippen molar-refractivity contribution in [2.24, 2.45) is 0 Å². The molecule has 1 aromatic rings. The first-order valence-electron chi connectivity index (χ1n) is 6.32. The molecule has 0 aromatic carbocycles. The summed E-state index contributed by atoms with van der Waals surface area (Å²) >= 11 is 0. The van der Waals surface area contributed by atoms with Gasteiger partial charge in [-0.2, -0.15) is 0 Å². The minimum Gasteiger partial charge on any atom is -0.395 e. The smallest absolute Gasteiger partial charge is 0.125 e. The Kier molecular flexibility index (Phi) is 6.58. The fourth-order valence-corrected chi connectivity index (χ4v) is 1.62. The van der Waals surface area contributed by atoms with Gasteiger partial charge < -0.3 is 10.4 Å². The van der Waals surface area contributed by atoms with E-state index in [1.807, 2.05) is 12.3 Å². The maximum atomic E-state index is 8.92. The van der Waals surface area contributed by atoms with E-state index in [0.29, 0.717) is 6.54 Å². The van der Waals surface area contributed by atoms with E-state index in [1.165, 1.54) is 5.56 Å². The van der Waals surface area contributed by atoms with Gasteiger partial charge in [0.25, 0.3) is 0 Å². The number of hydrogen-bond acceptors (Lipinski definition) is 4. The van der Waals surface area contributed by atoms with Crippen molar-refractivity contribution in [2.45, 2.75) is 26.8 Å². The molecular formula is C13H23N3O. The first kappa shape index (κ1) is 13.9. The van der Waals surface area contributed by atoms with E-state index in [0.717, 1.165) is 31.9 Å². The van der Waals surface area contributed by atoms with E-state index in [4.69, 9.17) is 5.11 Å². The van der Waals surface area contributed by atoms with Crippen molar-refractivity contribution in [2.75, 3.05) is 31.6 Å². The standard InChI is InChI=1S/C13H23N3O/c1-3-7-14-13-6-5-12(10-15-13)11-16(4-2)8-9-17/h5-6,10,17H,3-4,7-9,11H2,1-2H3,(H,14,15). The van der Waals surface area contributed by atoms with E-state index in [1.54, 1.807) is 0 Å². The van der Waals surface area contributed by atoms with E-state index in [2.05, 4.69) is 35.1 Å². The molecule has 1 heterocycles. The third kappa shape index (κ3) is 5.15. The first-order valence-corrected chi connectivity index (χ1v) is 6.32. The maximum Gasteiger partial charge on any atom is 0.125 e. The molecule has 0 bridgehead atoms. The van der Waals surface area contributed by atoms with Crippen LogP contribution in [0.1, 0.15) is 25.8 Å². The number of aromatic nitrogens is 1. The second-order valence-electron chi connectivity index (χ2n) is 4.07. The lowest BCUT2D eigenvalue weighted by atomic mass is 10.2. The Labute approximate surface area is 104 Å². The number of anilines is 1. The Morgan fingerprint density at radius 3 is 2.71 bits per heavy atom. The average Bonchev–Trinajstić information content (AvgIpc) is 2.37.